The Labute approximate surface area is 154 Å². The molecular weight excluding hydrogens is 336 g/mol. The number of hydrogen-bond acceptors (Lipinski definition) is 3. The molecule has 0 radical (unpaired) electrons. The lowest BCUT2D eigenvalue weighted by Gasteiger charge is -2.32. The Morgan fingerprint density at radius 2 is 2.04 bits per heavy atom. The van der Waals surface area contributed by atoms with Crippen LogP contribution < -0.4 is 5.32 Å². The molecule has 1 amide bonds. The monoisotopic (exact) mass is 360 g/mol. The molecule has 2 heterocycles. The Kier molecular flexibility index (Phi) is 5.76. The zero-order chi connectivity index (χ0) is 17.8. The Morgan fingerprint density at radius 3 is 2.72 bits per heavy atom. The number of nitrogens with one attached hydrogen (secondary N) is 1. The van der Waals surface area contributed by atoms with E-state index in [1.54, 1.807) is 10.9 Å². The van der Waals surface area contributed by atoms with Gasteiger partial charge in [-0.3, -0.25) is 9.48 Å². The van der Waals surface area contributed by atoms with Crippen LogP contribution in [-0.2, 0) is 7.05 Å². The summed E-state index contributed by atoms with van der Waals surface area (Å²) in [5.74, 6) is 0.753. The summed E-state index contributed by atoms with van der Waals surface area (Å²) >= 11 is 6.32. The van der Waals surface area contributed by atoms with E-state index in [2.05, 4.69) is 10.4 Å². The van der Waals surface area contributed by atoms with Crippen molar-refractivity contribution in [1.82, 2.24) is 20.0 Å². The van der Waals surface area contributed by atoms with Crippen LogP contribution in [0.25, 0.3) is 11.3 Å². The molecule has 1 fully saturated rings. The molecule has 0 aliphatic carbocycles. The van der Waals surface area contributed by atoms with Crippen LogP contribution in [0.4, 0.5) is 0 Å². The molecule has 25 heavy (non-hydrogen) atoms. The topological polar surface area (TPSA) is 50.2 Å². The highest BCUT2D eigenvalue weighted by Gasteiger charge is 2.27. The van der Waals surface area contributed by atoms with Crippen molar-refractivity contribution < 1.29 is 4.79 Å². The van der Waals surface area contributed by atoms with Gasteiger partial charge in [-0.05, 0) is 44.8 Å². The summed E-state index contributed by atoms with van der Waals surface area (Å²) in [4.78, 5) is 15.0. The molecule has 2 aromatic rings. The number of halogens is 1. The number of carbonyl (C=O) groups excluding carboxylic acids is 1. The standard InChI is InChI=1S/C19H25ClN4O/c1-21-10-7-14-8-11-24(12-9-14)19(25)16-13-23(2)22-18(16)15-5-3-4-6-17(15)20/h3-6,13-14,21H,7-12H2,1-2H3. The van der Waals surface area contributed by atoms with E-state index in [-0.39, 0.29) is 5.91 Å². The lowest BCUT2D eigenvalue weighted by molar-refractivity contribution is 0.0688. The first kappa shape index (κ1) is 18.0. The molecule has 0 spiro atoms. The number of amides is 1. The summed E-state index contributed by atoms with van der Waals surface area (Å²) in [6.07, 6.45) is 5.11. The fourth-order valence-electron chi connectivity index (χ4n) is 3.44. The molecular formula is C19H25ClN4O. The van der Waals surface area contributed by atoms with Crippen molar-refractivity contribution in [3.63, 3.8) is 0 Å². The largest absolute Gasteiger partial charge is 0.339 e. The first-order valence-electron chi connectivity index (χ1n) is 8.82. The minimum atomic E-state index is 0.0510. The van der Waals surface area contributed by atoms with Crippen molar-refractivity contribution in [1.29, 1.82) is 0 Å². The molecule has 0 unspecified atom stereocenters. The molecule has 1 aliphatic heterocycles. The van der Waals surface area contributed by atoms with Gasteiger partial charge in [-0.25, -0.2) is 0 Å². The third-order valence-electron chi connectivity index (χ3n) is 4.89. The van der Waals surface area contributed by atoms with E-state index < -0.39 is 0 Å². The van der Waals surface area contributed by atoms with Crippen molar-refractivity contribution in [2.75, 3.05) is 26.7 Å². The minimum absolute atomic E-state index is 0.0510. The number of nitrogens with zero attached hydrogens (tertiary/aromatic N) is 3. The highest BCUT2D eigenvalue weighted by atomic mass is 35.5. The summed E-state index contributed by atoms with van der Waals surface area (Å²) in [6.45, 7) is 2.66. The lowest BCUT2D eigenvalue weighted by Crippen LogP contribution is -2.39. The molecule has 1 aromatic carbocycles. The molecule has 1 aromatic heterocycles. The number of carbonyl (C=O) groups is 1. The van der Waals surface area contributed by atoms with Crippen LogP contribution in [0.5, 0.6) is 0 Å². The van der Waals surface area contributed by atoms with Gasteiger partial charge in [0.1, 0.15) is 5.69 Å². The van der Waals surface area contributed by atoms with Crippen molar-refractivity contribution in [2.24, 2.45) is 13.0 Å². The van der Waals surface area contributed by atoms with Gasteiger partial charge >= 0.3 is 0 Å². The summed E-state index contributed by atoms with van der Waals surface area (Å²) in [5, 5.41) is 8.31. The van der Waals surface area contributed by atoms with E-state index in [0.717, 1.165) is 38.0 Å². The summed E-state index contributed by atoms with van der Waals surface area (Å²) in [5.41, 5.74) is 2.09. The van der Waals surface area contributed by atoms with Crippen LogP contribution in [0.3, 0.4) is 0 Å². The number of likely N-dealkylation sites (tertiary alicyclic amines) is 1. The Bertz CT molecular complexity index is 735. The molecule has 6 heteroatoms. The van der Waals surface area contributed by atoms with Gasteiger partial charge in [0.05, 0.1) is 10.6 Å². The highest BCUT2D eigenvalue weighted by Crippen LogP contribution is 2.30. The van der Waals surface area contributed by atoms with Crippen molar-refractivity contribution in [2.45, 2.75) is 19.3 Å². The van der Waals surface area contributed by atoms with Crippen molar-refractivity contribution in [3.8, 4) is 11.3 Å². The number of aromatic nitrogens is 2. The Morgan fingerprint density at radius 1 is 1.32 bits per heavy atom. The predicted octanol–water partition coefficient (Wildman–Crippen LogP) is 3.20. The van der Waals surface area contributed by atoms with Crippen LogP contribution in [0.1, 0.15) is 29.6 Å². The number of benzene rings is 1. The number of piperidine rings is 1. The second-order valence-electron chi connectivity index (χ2n) is 6.67. The van der Waals surface area contributed by atoms with E-state index in [4.69, 9.17) is 11.6 Å². The molecule has 134 valence electrons. The van der Waals surface area contributed by atoms with Gasteiger partial charge < -0.3 is 10.2 Å². The van der Waals surface area contributed by atoms with E-state index in [0.29, 0.717) is 22.2 Å². The van der Waals surface area contributed by atoms with Gasteiger partial charge in [0, 0.05) is 31.9 Å². The van der Waals surface area contributed by atoms with Gasteiger partial charge in [0.2, 0.25) is 0 Å². The average Bonchev–Trinajstić information content (AvgIpc) is 3.01. The Hall–Kier alpha value is -1.85. The van der Waals surface area contributed by atoms with E-state index in [1.165, 1.54) is 6.42 Å². The minimum Gasteiger partial charge on any atom is -0.339 e. The molecule has 0 saturated carbocycles. The predicted molar refractivity (Wildman–Crippen MR) is 101 cm³/mol. The summed E-state index contributed by atoms with van der Waals surface area (Å²) in [6, 6.07) is 7.53. The van der Waals surface area contributed by atoms with Gasteiger partial charge in [0.15, 0.2) is 0 Å². The Balaban J connectivity index is 1.77. The maximum atomic E-state index is 13.1. The summed E-state index contributed by atoms with van der Waals surface area (Å²) in [7, 11) is 3.82. The molecule has 3 rings (SSSR count). The first-order chi connectivity index (χ1) is 12.1. The average molecular weight is 361 g/mol. The van der Waals surface area contributed by atoms with Gasteiger partial charge in [-0.15, -0.1) is 0 Å². The third kappa shape index (κ3) is 4.05. The zero-order valence-corrected chi connectivity index (χ0v) is 15.6. The van der Waals surface area contributed by atoms with Gasteiger partial charge in [0.25, 0.3) is 5.91 Å². The second kappa shape index (κ2) is 8.02. The van der Waals surface area contributed by atoms with Crippen molar-refractivity contribution >= 4 is 17.5 Å². The van der Waals surface area contributed by atoms with Crippen LogP contribution in [0.2, 0.25) is 5.02 Å². The maximum absolute atomic E-state index is 13.1. The smallest absolute Gasteiger partial charge is 0.257 e. The normalized spacial score (nSPS) is 15.6. The zero-order valence-electron chi connectivity index (χ0n) is 14.8. The molecule has 5 nitrogen and oxygen atoms in total. The molecule has 1 saturated heterocycles. The van der Waals surface area contributed by atoms with Gasteiger partial charge in [-0.1, -0.05) is 29.8 Å². The number of rotatable bonds is 5. The third-order valence-corrected chi connectivity index (χ3v) is 5.22. The highest BCUT2D eigenvalue weighted by molar-refractivity contribution is 6.33. The van der Waals surface area contributed by atoms with E-state index in [1.807, 2.05) is 43.3 Å². The van der Waals surface area contributed by atoms with Crippen LogP contribution in [0, 0.1) is 5.92 Å². The van der Waals surface area contributed by atoms with E-state index in [9.17, 15) is 4.79 Å². The quantitative estimate of drug-likeness (QED) is 0.890. The van der Waals surface area contributed by atoms with Gasteiger partial charge in [-0.2, -0.15) is 5.10 Å². The number of aryl methyl sites for hydroxylation is 1. The maximum Gasteiger partial charge on any atom is 0.257 e. The summed E-state index contributed by atoms with van der Waals surface area (Å²) < 4.78 is 1.69. The molecule has 1 aliphatic rings. The van der Waals surface area contributed by atoms with Crippen LogP contribution >= 0.6 is 11.6 Å². The lowest BCUT2D eigenvalue weighted by atomic mass is 9.93. The first-order valence-corrected chi connectivity index (χ1v) is 9.20. The van der Waals surface area contributed by atoms with Crippen LogP contribution in [-0.4, -0.2) is 47.3 Å². The number of hydrogen-bond donors (Lipinski definition) is 1. The fourth-order valence-corrected chi connectivity index (χ4v) is 3.67. The molecule has 0 bridgehead atoms. The second-order valence-corrected chi connectivity index (χ2v) is 7.08. The van der Waals surface area contributed by atoms with Crippen molar-refractivity contribution in [3.05, 3.63) is 41.0 Å². The fraction of sp³-hybridized carbons (Fsp3) is 0.474. The van der Waals surface area contributed by atoms with E-state index >= 15 is 0 Å². The molecule has 0 atom stereocenters. The molecule has 1 N–H and O–H groups in total. The SMILES string of the molecule is CNCCC1CCN(C(=O)c2cn(C)nc2-c2ccccc2Cl)CC1. The van der Waals surface area contributed by atoms with Crippen LogP contribution in [0.15, 0.2) is 30.5 Å².